The second-order valence-electron chi connectivity index (χ2n) is 5.28. The summed E-state index contributed by atoms with van der Waals surface area (Å²) in [6.07, 6.45) is 1.56. The van der Waals surface area contributed by atoms with E-state index in [0.717, 1.165) is 19.5 Å². The zero-order chi connectivity index (χ0) is 12.9. The summed E-state index contributed by atoms with van der Waals surface area (Å²) in [4.78, 5) is 15.6. The lowest BCUT2D eigenvalue weighted by molar-refractivity contribution is -0.159. The molecule has 0 saturated carbocycles. The Hall–Kier alpha value is -0.650. The van der Waals surface area contributed by atoms with Crippen LogP contribution in [0.25, 0.3) is 0 Å². The van der Waals surface area contributed by atoms with Crippen molar-refractivity contribution in [1.29, 1.82) is 0 Å². The van der Waals surface area contributed by atoms with Crippen LogP contribution in [0.15, 0.2) is 0 Å². The summed E-state index contributed by atoms with van der Waals surface area (Å²) in [7, 11) is 6.01. The minimum absolute atomic E-state index is 0.342. The summed E-state index contributed by atoms with van der Waals surface area (Å²) in [5.41, 5.74) is -0.709. The summed E-state index contributed by atoms with van der Waals surface area (Å²) in [6, 6.07) is 0. The maximum absolute atomic E-state index is 11.4. The van der Waals surface area contributed by atoms with Crippen molar-refractivity contribution in [2.45, 2.75) is 12.8 Å². The van der Waals surface area contributed by atoms with Gasteiger partial charge in [-0.3, -0.25) is 4.79 Å². The number of nitrogens with zero attached hydrogens (tertiary/aromatic N) is 2. The minimum Gasteiger partial charge on any atom is -0.481 e. The number of hydrogen-bond donors (Lipinski definition) is 1. The van der Waals surface area contributed by atoms with Crippen LogP contribution in [0, 0.1) is 5.41 Å². The monoisotopic (exact) mass is 244 g/mol. The highest BCUT2D eigenvalue weighted by Crippen LogP contribution is 2.29. The van der Waals surface area contributed by atoms with Crippen LogP contribution in [0.4, 0.5) is 0 Å². The molecule has 0 aromatic heterocycles. The van der Waals surface area contributed by atoms with E-state index < -0.39 is 11.4 Å². The molecular formula is C12H24N2O3. The van der Waals surface area contributed by atoms with Gasteiger partial charge in [-0.1, -0.05) is 0 Å². The Morgan fingerprint density at radius 3 is 2.53 bits per heavy atom. The fourth-order valence-corrected chi connectivity index (χ4v) is 2.18. The number of carboxylic acids is 1. The lowest BCUT2D eigenvalue weighted by Crippen LogP contribution is -2.48. The van der Waals surface area contributed by atoms with Crippen LogP contribution < -0.4 is 0 Å². The van der Waals surface area contributed by atoms with E-state index in [2.05, 4.69) is 9.80 Å². The molecule has 1 fully saturated rings. The number of carbonyl (C=O) groups is 1. The Bertz CT molecular complexity index is 250. The maximum atomic E-state index is 11.4. The molecule has 0 amide bonds. The average molecular weight is 244 g/mol. The molecule has 1 aliphatic heterocycles. The molecule has 1 rings (SSSR count). The van der Waals surface area contributed by atoms with Gasteiger partial charge in [0.2, 0.25) is 0 Å². The molecule has 1 saturated heterocycles. The molecule has 1 aliphatic rings. The van der Waals surface area contributed by atoms with Crippen LogP contribution in [0.3, 0.4) is 0 Å². The van der Waals surface area contributed by atoms with Crippen molar-refractivity contribution in [3.05, 3.63) is 0 Å². The number of ether oxygens (including phenoxy) is 1. The quantitative estimate of drug-likeness (QED) is 0.731. The Morgan fingerprint density at radius 2 is 2.06 bits per heavy atom. The largest absolute Gasteiger partial charge is 0.481 e. The molecule has 1 unspecified atom stereocenters. The van der Waals surface area contributed by atoms with Gasteiger partial charge in [0.05, 0.1) is 6.61 Å². The van der Waals surface area contributed by atoms with Crippen molar-refractivity contribution in [1.82, 2.24) is 9.80 Å². The molecule has 1 N–H and O–H groups in total. The van der Waals surface area contributed by atoms with E-state index in [4.69, 9.17) is 4.74 Å². The first-order chi connectivity index (χ1) is 7.96. The first-order valence-corrected chi connectivity index (χ1v) is 6.11. The van der Waals surface area contributed by atoms with E-state index in [9.17, 15) is 9.90 Å². The van der Waals surface area contributed by atoms with Crippen LogP contribution in [0.5, 0.6) is 0 Å². The van der Waals surface area contributed by atoms with Gasteiger partial charge in [0.1, 0.15) is 5.41 Å². The van der Waals surface area contributed by atoms with Gasteiger partial charge in [-0.15, -0.1) is 0 Å². The minimum atomic E-state index is -0.728. The summed E-state index contributed by atoms with van der Waals surface area (Å²) in [5, 5.41) is 9.40. The van der Waals surface area contributed by atoms with Gasteiger partial charge < -0.3 is 19.6 Å². The SMILES string of the molecule is CN(C)CCN(C)CC1(C(=O)O)CCCOC1. The molecule has 100 valence electrons. The zero-order valence-electron chi connectivity index (χ0n) is 11.1. The number of likely N-dealkylation sites (N-methyl/N-ethyl adjacent to an activating group) is 2. The number of hydrogen-bond acceptors (Lipinski definition) is 4. The van der Waals surface area contributed by atoms with Gasteiger partial charge in [-0.05, 0) is 34.0 Å². The van der Waals surface area contributed by atoms with Crippen LogP contribution in [0.1, 0.15) is 12.8 Å². The third-order valence-corrected chi connectivity index (χ3v) is 3.28. The highest BCUT2D eigenvalue weighted by Gasteiger charge is 2.41. The molecule has 5 heteroatoms. The summed E-state index contributed by atoms with van der Waals surface area (Å²) < 4.78 is 5.36. The standard InChI is InChI=1S/C12H24N2O3/c1-13(2)6-7-14(3)9-12(11(15)16)5-4-8-17-10-12/h4-10H2,1-3H3,(H,15,16). The van der Waals surface area contributed by atoms with Crippen LogP contribution in [-0.2, 0) is 9.53 Å². The normalized spacial score (nSPS) is 25.5. The van der Waals surface area contributed by atoms with Gasteiger partial charge in [0, 0.05) is 26.2 Å². The van der Waals surface area contributed by atoms with Gasteiger partial charge >= 0.3 is 5.97 Å². The van der Waals surface area contributed by atoms with Crippen molar-refractivity contribution < 1.29 is 14.6 Å². The average Bonchev–Trinajstić information content (AvgIpc) is 2.27. The number of aliphatic carboxylic acids is 1. The third-order valence-electron chi connectivity index (χ3n) is 3.28. The van der Waals surface area contributed by atoms with E-state index in [-0.39, 0.29) is 0 Å². The molecule has 17 heavy (non-hydrogen) atoms. The molecule has 5 nitrogen and oxygen atoms in total. The second-order valence-corrected chi connectivity index (χ2v) is 5.28. The Labute approximate surface area is 103 Å². The van der Waals surface area contributed by atoms with Crippen molar-refractivity contribution in [2.75, 3.05) is 54.0 Å². The zero-order valence-corrected chi connectivity index (χ0v) is 11.1. The highest BCUT2D eigenvalue weighted by molar-refractivity contribution is 5.75. The van der Waals surface area contributed by atoms with E-state index >= 15 is 0 Å². The first kappa shape index (κ1) is 14.4. The molecule has 0 bridgehead atoms. The Balaban J connectivity index is 2.51. The van der Waals surface area contributed by atoms with E-state index in [1.165, 1.54) is 0 Å². The van der Waals surface area contributed by atoms with Crippen molar-refractivity contribution >= 4 is 5.97 Å². The van der Waals surface area contributed by atoms with Crippen LogP contribution in [0.2, 0.25) is 0 Å². The third kappa shape index (κ3) is 4.26. The van der Waals surface area contributed by atoms with Gasteiger partial charge in [0.15, 0.2) is 0 Å². The molecule has 0 aromatic carbocycles. The van der Waals surface area contributed by atoms with Crippen molar-refractivity contribution in [3.8, 4) is 0 Å². The number of rotatable bonds is 6. The second kappa shape index (κ2) is 6.33. The maximum Gasteiger partial charge on any atom is 0.313 e. The lowest BCUT2D eigenvalue weighted by atomic mass is 9.82. The fraction of sp³-hybridized carbons (Fsp3) is 0.917. The summed E-state index contributed by atoms with van der Waals surface area (Å²) in [5.74, 6) is -0.728. The smallest absolute Gasteiger partial charge is 0.313 e. The predicted molar refractivity (Wildman–Crippen MR) is 66.2 cm³/mol. The fourth-order valence-electron chi connectivity index (χ4n) is 2.18. The molecule has 0 spiro atoms. The van der Waals surface area contributed by atoms with Crippen LogP contribution >= 0.6 is 0 Å². The van der Waals surface area contributed by atoms with E-state index in [1.54, 1.807) is 0 Å². The summed E-state index contributed by atoms with van der Waals surface area (Å²) >= 11 is 0. The van der Waals surface area contributed by atoms with Gasteiger partial charge in [-0.2, -0.15) is 0 Å². The van der Waals surface area contributed by atoms with E-state index in [1.807, 2.05) is 21.1 Å². The van der Waals surface area contributed by atoms with E-state index in [0.29, 0.717) is 26.2 Å². The Morgan fingerprint density at radius 1 is 1.35 bits per heavy atom. The van der Waals surface area contributed by atoms with Gasteiger partial charge in [0.25, 0.3) is 0 Å². The van der Waals surface area contributed by atoms with Gasteiger partial charge in [-0.25, -0.2) is 0 Å². The lowest BCUT2D eigenvalue weighted by Gasteiger charge is -2.36. The molecular weight excluding hydrogens is 220 g/mol. The van der Waals surface area contributed by atoms with Crippen molar-refractivity contribution in [2.24, 2.45) is 5.41 Å². The molecule has 0 aromatic rings. The summed E-state index contributed by atoms with van der Waals surface area (Å²) in [6.45, 7) is 3.41. The molecule has 1 atom stereocenters. The van der Waals surface area contributed by atoms with Crippen LogP contribution in [-0.4, -0.2) is 74.9 Å². The highest BCUT2D eigenvalue weighted by atomic mass is 16.5. The number of carboxylic acid groups (broad SMARTS) is 1. The molecule has 1 heterocycles. The molecule has 0 radical (unpaired) electrons. The predicted octanol–water partition coefficient (Wildman–Crippen LogP) is 0.361. The first-order valence-electron chi connectivity index (χ1n) is 6.11. The van der Waals surface area contributed by atoms with Crippen molar-refractivity contribution in [3.63, 3.8) is 0 Å². The molecule has 0 aliphatic carbocycles. The Kier molecular flexibility index (Phi) is 5.36. The topological polar surface area (TPSA) is 53.0 Å².